The Labute approximate surface area is 191 Å². The van der Waals surface area contributed by atoms with Gasteiger partial charge in [0, 0.05) is 43.9 Å². The summed E-state index contributed by atoms with van der Waals surface area (Å²) in [4.78, 5) is 17.5. The second-order valence-corrected chi connectivity index (χ2v) is 9.12. The van der Waals surface area contributed by atoms with Crippen molar-refractivity contribution in [3.63, 3.8) is 0 Å². The lowest BCUT2D eigenvalue weighted by molar-refractivity contribution is 0.0631. The number of thiophene rings is 1. The second kappa shape index (κ2) is 9.79. The standard InChI is InChI=1S/C25H26F2N2O2S/c1-17-10-18(2)12-21(11-17)31-15-19-13-23(32-16-19)25(30)29-8-6-28(7-9-29)14-20-4-3-5-22(26)24(20)27/h3-5,10-13,16H,6-9,14-15H2,1-2H3. The van der Waals surface area contributed by atoms with Crippen LogP contribution in [0, 0.1) is 25.5 Å². The Hall–Kier alpha value is -2.77. The summed E-state index contributed by atoms with van der Waals surface area (Å²) in [6.07, 6.45) is 0. The van der Waals surface area contributed by atoms with Crippen molar-refractivity contribution in [2.45, 2.75) is 27.0 Å². The predicted molar refractivity (Wildman–Crippen MR) is 122 cm³/mol. The van der Waals surface area contributed by atoms with Crippen LogP contribution in [0.1, 0.15) is 31.9 Å². The topological polar surface area (TPSA) is 32.8 Å². The zero-order valence-corrected chi connectivity index (χ0v) is 19.1. The molecule has 2 heterocycles. The summed E-state index contributed by atoms with van der Waals surface area (Å²) >= 11 is 1.42. The fourth-order valence-corrected chi connectivity index (χ4v) is 4.79. The van der Waals surface area contributed by atoms with E-state index in [4.69, 9.17) is 4.74 Å². The lowest BCUT2D eigenvalue weighted by Crippen LogP contribution is -2.48. The van der Waals surface area contributed by atoms with Gasteiger partial charge in [0.1, 0.15) is 12.4 Å². The lowest BCUT2D eigenvalue weighted by atomic mass is 10.1. The van der Waals surface area contributed by atoms with Gasteiger partial charge >= 0.3 is 0 Å². The third kappa shape index (κ3) is 5.34. The monoisotopic (exact) mass is 456 g/mol. The Morgan fingerprint density at radius 1 is 1.03 bits per heavy atom. The van der Waals surface area contributed by atoms with Crippen molar-refractivity contribution in [2.24, 2.45) is 0 Å². The number of carbonyl (C=O) groups is 1. The van der Waals surface area contributed by atoms with Gasteiger partial charge in [0.15, 0.2) is 11.6 Å². The minimum atomic E-state index is -0.827. The first-order valence-corrected chi connectivity index (χ1v) is 11.5. The van der Waals surface area contributed by atoms with Crippen LogP contribution in [0.3, 0.4) is 0 Å². The molecule has 2 aromatic carbocycles. The molecular formula is C25H26F2N2O2S. The number of carbonyl (C=O) groups excluding carboxylic acids is 1. The third-order valence-corrected chi connectivity index (χ3v) is 6.52. The van der Waals surface area contributed by atoms with E-state index in [9.17, 15) is 13.6 Å². The number of hydrogen-bond acceptors (Lipinski definition) is 4. The molecule has 1 fully saturated rings. The largest absolute Gasteiger partial charge is 0.489 e. The van der Waals surface area contributed by atoms with Gasteiger partial charge in [-0.1, -0.05) is 18.2 Å². The van der Waals surface area contributed by atoms with E-state index in [2.05, 4.69) is 6.07 Å². The van der Waals surface area contributed by atoms with Gasteiger partial charge in [0.05, 0.1) is 4.88 Å². The van der Waals surface area contributed by atoms with Crippen molar-refractivity contribution in [3.8, 4) is 5.75 Å². The Balaban J connectivity index is 1.30. The Kier molecular flexibility index (Phi) is 6.86. The normalized spacial score (nSPS) is 14.6. The van der Waals surface area contributed by atoms with E-state index in [1.807, 2.05) is 47.2 Å². The van der Waals surface area contributed by atoms with Gasteiger partial charge in [-0.2, -0.15) is 0 Å². The molecule has 0 aliphatic carbocycles. The Morgan fingerprint density at radius 3 is 2.47 bits per heavy atom. The highest BCUT2D eigenvalue weighted by molar-refractivity contribution is 7.12. The molecule has 0 spiro atoms. The molecule has 0 radical (unpaired) electrons. The van der Waals surface area contributed by atoms with E-state index in [1.54, 1.807) is 6.07 Å². The molecule has 7 heteroatoms. The molecule has 1 amide bonds. The van der Waals surface area contributed by atoms with Crippen LogP contribution >= 0.6 is 11.3 Å². The number of piperazine rings is 1. The molecule has 0 atom stereocenters. The van der Waals surface area contributed by atoms with Crippen molar-refractivity contribution < 1.29 is 18.3 Å². The van der Waals surface area contributed by atoms with E-state index in [-0.39, 0.29) is 5.91 Å². The highest BCUT2D eigenvalue weighted by Gasteiger charge is 2.24. The number of amides is 1. The van der Waals surface area contributed by atoms with Gasteiger partial charge in [0.2, 0.25) is 0 Å². The molecule has 168 valence electrons. The van der Waals surface area contributed by atoms with Crippen molar-refractivity contribution in [2.75, 3.05) is 26.2 Å². The number of rotatable bonds is 6. The summed E-state index contributed by atoms with van der Waals surface area (Å²) < 4.78 is 33.2. The van der Waals surface area contributed by atoms with Crippen LogP contribution in [0.4, 0.5) is 8.78 Å². The van der Waals surface area contributed by atoms with E-state index in [1.165, 1.54) is 17.4 Å². The maximum atomic E-state index is 13.9. The zero-order chi connectivity index (χ0) is 22.7. The summed E-state index contributed by atoms with van der Waals surface area (Å²) in [5.41, 5.74) is 3.62. The first kappa shape index (κ1) is 22.4. The number of nitrogens with zero attached hydrogens (tertiary/aromatic N) is 2. The molecule has 0 bridgehead atoms. The summed E-state index contributed by atoms with van der Waals surface area (Å²) in [6, 6.07) is 12.2. The van der Waals surface area contributed by atoms with Crippen LogP contribution in [0.5, 0.6) is 5.75 Å². The molecule has 3 aromatic rings. The molecular weight excluding hydrogens is 430 g/mol. The molecule has 4 nitrogen and oxygen atoms in total. The Bertz CT molecular complexity index is 1090. The van der Waals surface area contributed by atoms with Gasteiger partial charge in [-0.3, -0.25) is 9.69 Å². The van der Waals surface area contributed by atoms with Crippen LogP contribution in [0.25, 0.3) is 0 Å². The molecule has 0 saturated carbocycles. The summed E-state index contributed by atoms with van der Waals surface area (Å²) in [7, 11) is 0. The van der Waals surface area contributed by atoms with Gasteiger partial charge in [-0.05, 0) is 54.6 Å². The fraction of sp³-hybridized carbons (Fsp3) is 0.320. The molecule has 1 aromatic heterocycles. The number of aryl methyl sites for hydroxylation is 2. The summed E-state index contributed by atoms with van der Waals surface area (Å²) in [6.45, 7) is 7.19. The second-order valence-electron chi connectivity index (χ2n) is 8.21. The van der Waals surface area contributed by atoms with E-state index in [0.29, 0.717) is 49.8 Å². The van der Waals surface area contributed by atoms with E-state index in [0.717, 1.165) is 28.5 Å². The average Bonchev–Trinajstić information content (AvgIpc) is 3.24. The number of hydrogen-bond donors (Lipinski definition) is 0. The van der Waals surface area contributed by atoms with Crippen LogP contribution in [0.2, 0.25) is 0 Å². The Morgan fingerprint density at radius 2 is 1.75 bits per heavy atom. The maximum Gasteiger partial charge on any atom is 0.264 e. The number of benzene rings is 2. The van der Waals surface area contributed by atoms with E-state index >= 15 is 0 Å². The lowest BCUT2D eigenvalue weighted by Gasteiger charge is -2.34. The first-order chi connectivity index (χ1) is 15.4. The average molecular weight is 457 g/mol. The molecule has 32 heavy (non-hydrogen) atoms. The van der Waals surface area contributed by atoms with Crippen LogP contribution < -0.4 is 4.74 Å². The minimum Gasteiger partial charge on any atom is -0.489 e. The molecule has 1 saturated heterocycles. The maximum absolute atomic E-state index is 13.9. The van der Waals surface area contributed by atoms with Crippen molar-refractivity contribution in [1.29, 1.82) is 0 Å². The molecule has 0 unspecified atom stereocenters. The van der Waals surface area contributed by atoms with Gasteiger partial charge < -0.3 is 9.64 Å². The smallest absolute Gasteiger partial charge is 0.264 e. The molecule has 4 rings (SSSR count). The third-order valence-electron chi connectivity index (χ3n) is 5.55. The van der Waals surface area contributed by atoms with Gasteiger partial charge in [0.25, 0.3) is 5.91 Å². The van der Waals surface area contributed by atoms with Gasteiger partial charge in [-0.25, -0.2) is 8.78 Å². The number of ether oxygens (including phenoxy) is 1. The van der Waals surface area contributed by atoms with Crippen molar-refractivity contribution in [1.82, 2.24) is 9.80 Å². The first-order valence-electron chi connectivity index (χ1n) is 10.6. The van der Waals surface area contributed by atoms with Crippen LogP contribution in [-0.4, -0.2) is 41.9 Å². The van der Waals surface area contributed by atoms with Crippen molar-refractivity contribution >= 4 is 17.2 Å². The van der Waals surface area contributed by atoms with Crippen LogP contribution in [0.15, 0.2) is 47.8 Å². The van der Waals surface area contributed by atoms with E-state index < -0.39 is 11.6 Å². The highest BCUT2D eigenvalue weighted by Crippen LogP contribution is 2.22. The molecule has 1 aliphatic rings. The van der Waals surface area contributed by atoms with Crippen molar-refractivity contribution in [3.05, 3.63) is 86.6 Å². The summed E-state index contributed by atoms with van der Waals surface area (Å²) in [5, 5.41) is 1.96. The highest BCUT2D eigenvalue weighted by atomic mass is 32.1. The minimum absolute atomic E-state index is 0.00392. The number of halogens is 2. The quantitative estimate of drug-likeness (QED) is 0.512. The zero-order valence-electron chi connectivity index (χ0n) is 18.2. The SMILES string of the molecule is Cc1cc(C)cc(OCc2csc(C(=O)N3CCN(Cc4cccc(F)c4F)CC3)c2)c1. The van der Waals surface area contributed by atoms with Gasteiger partial charge in [-0.15, -0.1) is 11.3 Å². The fourth-order valence-electron chi connectivity index (χ4n) is 3.92. The summed E-state index contributed by atoms with van der Waals surface area (Å²) in [5.74, 6) is -0.789. The predicted octanol–water partition coefficient (Wildman–Crippen LogP) is 5.18. The molecule has 0 N–H and O–H groups in total. The molecule has 1 aliphatic heterocycles. The van der Waals surface area contributed by atoms with Crippen LogP contribution in [-0.2, 0) is 13.2 Å².